The van der Waals surface area contributed by atoms with Crippen LogP contribution in [0.4, 0.5) is 21.5 Å². The molecule has 0 aliphatic rings. The zero-order valence-electron chi connectivity index (χ0n) is 34.0. The van der Waals surface area contributed by atoms with E-state index < -0.39 is 16.4 Å². The Labute approximate surface area is 319 Å². The van der Waals surface area contributed by atoms with Crippen LogP contribution in [0, 0.1) is 15.9 Å². The molecule has 5 nitrogen and oxygen atoms in total. The summed E-state index contributed by atoms with van der Waals surface area (Å²) in [5.41, 5.74) is 3.90. The second kappa shape index (κ2) is 29.6. The minimum Gasteiger partial charge on any atom is -0.370 e. The van der Waals surface area contributed by atoms with Gasteiger partial charge in [0.25, 0.3) is 0 Å². The van der Waals surface area contributed by atoms with Gasteiger partial charge in [0.05, 0.1) is 16.3 Å². The summed E-state index contributed by atoms with van der Waals surface area (Å²) in [5.74, 6) is -0.799. The van der Waals surface area contributed by atoms with Gasteiger partial charge in [-0.25, -0.2) is 0 Å². The highest BCUT2D eigenvalue weighted by Gasteiger charge is 2.18. The van der Waals surface area contributed by atoms with Crippen molar-refractivity contribution in [2.75, 3.05) is 36.0 Å². The van der Waals surface area contributed by atoms with Crippen LogP contribution in [0.1, 0.15) is 193 Å². The molecular weight excluding hydrogens is 646 g/mol. The number of rotatable bonds is 33. The zero-order valence-corrected chi connectivity index (χ0v) is 34.0. The van der Waals surface area contributed by atoms with Gasteiger partial charge < -0.3 is 9.80 Å². The quantitative estimate of drug-likeness (QED) is 0.0319. The molecule has 294 valence electrons. The summed E-state index contributed by atoms with van der Waals surface area (Å²) < 4.78 is 14.5. The van der Waals surface area contributed by atoms with Crippen LogP contribution in [0.25, 0.3) is 12.2 Å². The van der Waals surface area contributed by atoms with Crippen LogP contribution in [-0.2, 0) is 0 Å². The van der Waals surface area contributed by atoms with Crippen molar-refractivity contribution in [1.29, 1.82) is 0 Å². The number of nitro benzene ring substituents is 1. The number of hydrogen-bond acceptors (Lipinski definition) is 4. The van der Waals surface area contributed by atoms with Crippen LogP contribution >= 0.6 is 0 Å². The Morgan fingerprint density at radius 1 is 0.500 bits per heavy atom. The van der Waals surface area contributed by atoms with Crippen LogP contribution in [0.5, 0.6) is 0 Å². The summed E-state index contributed by atoms with van der Waals surface area (Å²) in [6, 6.07) is 11.1. The first kappa shape index (κ1) is 45.3. The summed E-state index contributed by atoms with van der Waals surface area (Å²) in [7, 11) is 0. The molecule has 0 saturated carbocycles. The number of anilines is 2. The Kier molecular flexibility index (Phi) is 25.7. The van der Waals surface area contributed by atoms with Gasteiger partial charge in [-0.15, -0.1) is 0 Å². The SMILES string of the molecule is CCCCCCCCN(CCCCCCCC)c1ccc(C=Cc2ccc([N+](=O)[O-])c(F)c2)cc1N(CCCCCCCC)CCCCCCCC. The lowest BCUT2D eigenvalue weighted by Crippen LogP contribution is -2.31. The van der Waals surface area contributed by atoms with Gasteiger partial charge in [0.2, 0.25) is 5.82 Å². The second-order valence-corrected chi connectivity index (χ2v) is 15.1. The highest BCUT2D eigenvalue weighted by Crippen LogP contribution is 2.34. The highest BCUT2D eigenvalue weighted by atomic mass is 19.1. The summed E-state index contributed by atoms with van der Waals surface area (Å²) in [4.78, 5) is 15.9. The fraction of sp³-hybridized carbons (Fsp3) is 0.696. The van der Waals surface area contributed by atoms with Crippen molar-refractivity contribution in [1.82, 2.24) is 0 Å². The molecule has 0 aliphatic carbocycles. The molecule has 0 spiro atoms. The second-order valence-electron chi connectivity index (χ2n) is 15.1. The predicted molar refractivity (Wildman–Crippen MR) is 226 cm³/mol. The Morgan fingerprint density at radius 3 is 1.23 bits per heavy atom. The molecule has 0 radical (unpaired) electrons. The molecule has 0 unspecified atom stereocenters. The number of unbranched alkanes of at least 4 members (excludes halogenated alkanes) is 20. The van der Waals surface area contributed by atoms with Crippen LogP contribution in [0.2, 0.25) is 0 Å². The summed E-state index contributed by atoms with van der Waals surface area (Å²) in [6.07, 6.45) is 34.9. The van der Waals surface area contributed by atoms with E-state index in [1.807, 2.05) is 12.2 Å². The number of halogens is 1. The van der Waals surface area contributed by atoms with E-state index in [0.29, 0.717) is 5.56 Å². The smallest absolute Gasteiger partial charge is 0.304 e. The van der Waals surface area contributed by atoms with E-state index in [9.17, 15) is 14.5 Å². The van der Waals surface area contributed by atoms with E-state index in [2.05, 4.69) is 55.7 Å². The van der Waals surface area contributed by atoms with Crippen molar-refractivity contribution in [3.63, 3.8) is 0 Å². The Hall–Kier alpha value is -2.89. The van der Waals surface area contributed by atoms with Crippen LogP contribution in [0.15, 0.2) is 36.4 Å². The lowest BCUT2D eigenvalue weighted by molar-refractivity contribution is -0.387. The third kappa shape index (κ3) is 19.3. The first-order valence-corrected chi connectivity index (χ1v) is 21.7. The first-order valence-electron chi connectivity index (χ1n) is 21.7. The molecule has 0 atom stereocenters. The maximum Gasteiger partial charge on any atom is 0.304 e. The molecule has 6 heteroatoms. The summed E-state index contributed by atoms with van der Waals surface area (Å²) >= 11 is 0. The van der Waals surface area contributed by atoms with E-state index >= 15 is 0 Å². The maximum atomic E-state index is 14.5. The van der Waals surface area contributed by atoms with Gasteiger partial charge in [-0.05, 0) is 61.1 Å². The molecule has 0 fully saturated rings. The standard InChI is InChI=1S/C46H76FN3O2/c1-5-9-13-17-21-25-35-48(36-26-22-18-14-10-6-2)45-34-32-42(30-29-41-31-33-44(50(51)52)43(47)39-41)40-46(45)49(37-27-23-19-15-11-7-3)38-28-24-20-16-12-8-4/h29-34,39-40H,5-28,35-38H2,1-4H3. The molecule has 0 heterocycles. The lowest BCUT2D eigenvalue weighted by Gasteiger charge is -2.33. The zero-order chi connectivity index (χ0) is 37.7. The van der Waals surface area contributed by atoms with E-state index in [1.165, 1.54) is 178 Å². The predicted octanol–water partition coefficient (Wildman–Crippen LogP) is 15.0. The van der Waals surface area contributed by atoms with Gasteiger partial charge in [-0.3, -0.25) is 10.1 Å². The van der Waals surface area contributed by atoms with E-state index in [1.54, 1.807) is 6.07 Å². The van der Waals surface area contributed by atoms with Gasteiger partial charge >= 0.3 is 5.69 Å². The van der Waals surface area contributed by atoms with Gasteiger partial charge in [0.15, 0.2) is 0 Å². The molecule has 52 heavy (non-hydrogen) atoms. The van der Waals surface area contributed by atoms with Crippen LogP contribution in [0.3, 0.4) is 0 Å². The molecule has 0 aliphatic heterocycles. The monoisotopic (exact) mass is 722 g/mol. The lowest BCUT2D eigenvalue weighted by atomic mass is 10.0. The van der Waals surface area contributed by atoms with Crippen molar-refractivity contribution in [2.45, 2.75) is 182 Å². The molecule has 0 saturated heterocycles. The molecule has 2 rings (SSSR count). The Balaban J connectivity index is 2.45. The molecular formula is C46H76FN3O2. The van der Waals surface area contributed by atoms with Crippen LogP contribution in [-0.4, -0.2) is 31.1 Å². The van der Waals surface area contributed by atoms with E-state index in [0.717, 1.165) is 31.7 Å². The van der Waals surface area contributed by atoms with Gasteiger partial charge in [-0.1, -0.05) is 174 Å². The van der Waals surface area contributed by atoms with Crippen molar-refractivity contribution < 1.29 is 9.31 Å². The first-order chi connectivity index (χ1) is 25.4. The Bertz CT molecular complexity index is 1200. The molecule has 0 aromatic heterocycles. The third-order valence-electron chi connectivity index (χ3n) is 10.4. The van der Waals surface area contributed by atoms with Crippen LogP contribution < -0.4 is 9.80 Å². The minimum absolute atomic E-state index is 0.486. The molecule has 2 aromatic carbocycles. The fourth-order valence-electron chi connectivity index (χ4n) is 7.17. The summed E-state index contributed by atoms with van der Waals surface area (Å²) in [5, 5.41) is 11.2. The number of hydrogen-bond donors (Lipinski definition) is 0. The maximum absolute atomic E-state index is 14.5. The number of nitrogens with zero attached hydrogens (tertiary/aromatic N) is 3. The van der Waals surface area contributed by atoms with Crippen molar-refractivity contribution >= 4 is 29.2 Å². The molecule has 2 aromatic rings. The molecule has 0 amide bonds. The van der Waals surface area contributed by atoms with E-state index in [4.69, 9.17) is 0 Å². The third-order valence-corrected chi connectivity index (χ3v) is 10.4. The van der Waals surface area contributed by atoms with Crippen molar-refractivity contribution in [3.8, 4) is 0 Å². The number of benzene rings is 2. The number of nitro groups is 1. The largest absolute Gasteiger partial charge is 0.370 e. The normalized spacial score (nSPS) is 11.5. The van der Waals surface area contributed by atoms with Gasteiger partial charge in [-0.2, -0.15) is 4.39 Å². The Morgan fingerprint density at radius 2 is 0.846 bits per heavy atom. The van der Waals surface area contributed by atoms with Crippen molar-refractivity contribution in [3.05, 3.63) is 63.5 Å². The average Bonchev–Trinajstić information content (AvgIpc) is 3.14. The summed E-state index contributed by atoms with van der Waals surface area (Å²) in [6.45, 7) is 13.5. The van der Waals surface area contributed by atoms with E-state index in [-0.39, 0.29) is 0 Å². The molecule has 0 bridgehead atoms. The van der Waals surface area contributed by atoms with Crippen molar-refractivity contribution in [2.24, 2.45) is 0 Å². The highest BCUT2D eigenvalue weighted by molar-refractivity contribution is 5.78. The minimum atomic E-state index is -0.799. The van der Waals surface area contributed by atoms with Gasteiger partial charge in [0, 0.05) is 32.2 Å². The average molecular weight is 722 g/mol. The van der Waals surface area contributed by atoms with Gasteiger partial charge in [0.1, 0.15) is 0 Å². The topological polar surface area (TPSA) is 49.6 Å². The molecule has 0 N–H and O–H groups in total. The fourth-order valence-corrected chi connectivity index (χ4v) is 7.17.